The largest absolute Gasteiger partial charge is 0.342 e. The number of hydrogen-bond donors (Lipinski definition) is 2. The summed E-state index contributed by atoms with van der Waals surface area (Å²) < 4.78 is 13.2. The molecule has 3 rings (SSSR count). The van der Waals surface area contributed by atoms with Crippen molar-refractivity contribution in [3.8, 4) is 0 Å². The molecule has 1 aromatic rings. The highest BCUT2D eigenvalue weighted by Gasteiger charge is 2.44. The highest BCUT2D eigenvalue weighted by Crippen LogP contribution is 2.20. The summed E-state index contributed by atoms with van der Waals surface area (Å²) in [6.45, 7) is 4.75. The number of halogens is 1. The Balaban J connectivity index is 1.65. The Hall–Kier alpha value is -2.64. The molecule has 4 amide bonds. The summed E-state index contributed by atoms with van der Waals surface area (Å²) in [5.41, 5.74) is 0.346. The number of fused-ring (bicyclic) bond motifs is 1. The quantitative estimate of drug-likeness (QED) is 0.853. The first-order chi connectivity index (χ1) is 12.3. The molecule has 1 aromatic carbocycles. The Morgan fingerprint density at radius 3 is 2.81 bits per heavy atom. The molecule has 2 aliphatic rings. The van der Waals surface area contributed by atoms with Gasteiger partial charge in [-0.1, -0.05) is 19.9 Å². The normalized spacial score (nSPS) is 22.9. The van der Waals surface area contributed by atoms with Crippen LogP contribution in [0.2, 0.25) is 0 Å². The number of piperazine rings is 2. The number of benzene rings is 1. The van der Waals surface area contributed by atoms with E-state index < -0.39 is 23.9 Å². The van der Waals surface area contributed by atoms with Crippen molar-refractivity contribution in [1.82, 2.24) is 15.1 Å². The van der Waals surface area contributed by atoms with Crippen molar-refractivity contribution in [3.05, 3.63) is 30.1 Å². The summed E-state index contributed by atoms with van der Waals surface area (Å²) in [6, 6.07) is 4.01. The summed E-state index contributed by atoms with van der Waals surface area (Å²) in [7, 11) is 0. The number of nitrogens with one attached hydrogen (secondary N) is 2. The molecule has 2 heterocycles. The molecule has 0 aliphatic carbocycles. The third kappa shape index (κ3) is 3.79. The molecule has 7 nitrogen and oxygen atoms in total. The van der Waals surface area contributed by atoms with Gasteiger partial charge in [0, 0.05) is 18.8 Å². The summed E-state index contributed by atoms with van der Waals surface area (Å²) in [5.74, 6) is -0.479. The summed E-state index contributed by atoms with van der Waals surface area (Å²) in [5, 5.41) is 5.40. The molecule has 140 valence electrons. The Bertz CT molecular complexity index is 724. The van der Waals surface area contributed by atoms with Gasteiger partial charge in [-0.25, -0.2) is 9.18 Å². The highest BCUT2D eigenvalue weighted by atomic mass is 19.1. The molecule has 2 saturated heterocycles. The van der Waals surface area contributed by atoms with Crippen LogP contribution in [0.1, 0.15) is 20.3 Å². The second kappa shape index (κ2) is 7.31. The second-order valence-electron chi connectivity index (χ2n) is 7.12. The molecule has 0 radical (unpaired) electrons. The number of rotatable bonds is 3. The Morgan fingerprint density at radius 1 is 1.35 bits per heavy atom. The lowest BCUT2D eigenvalue weighted by molar-refractivity contribution is -0.152. The van der Waals surface area contributed by atoms with Gasteiger partial charge in [0.2, 0.25) is 11.8 Å². The molecule has 2 atom stereocenters. The second-order valence-corrected chi connectivity index (χ2v) is 7.12. The number of urea groups is 1. The van der Waals surface area contributed by atoms with Crippen molar-refractivity contribution < 1.29 is 18.8 Å². The number of hydrogen-bond acceptors (Lipinski definition) is 3. The minimum absolute atomic E-state index is 0.0894. The molecule has 0 spiro atoms. The molecule has 0 unspecified atom stereocenters. The Kier molecular flexibility index (Phi) is 5.11. The topological polar surface area (TPSA) is 81.8 Å². The fourth-order valence-electron chi connectivity index (χ4n) is 3.39. The van der Waals surface area contributed by atoms with E-state index in [1.807, 2.05) is 13.8 Å². The Labute approximate surface area is 151 Å². The lowest BCUT2D eigenvalue weighted by Gasteiger charge is -2.45. The highest BCUT2D eigenvalue weighted by molar-refractivity contribution is 5.98. The van der Waals surface area contributed by atoms with Gasteiger partial charge in [-0.05, 0) is 30.5 Å². The summed E-state index contributed by atoms with van der Waals surface area (Å²) in [4.78, 5) is 40.5. The van der Waals surface area contributed by atoms with Gasteiger partial charge >= 0.3 is 6.03 Å². The lowest BCUT2D eigenvalue weighted by atomic mass is 9.97. The molecule has 2 fully saturated rings. The maximum atomic E-state index is 13.2. The third-order valence-electron chi connectivity index (χ3n) is 4.65. The predicted molar refractivity (Wildman–Crippen MR) is 93.9 cm³/mol. The van der Waals surface area contributed by atoms with Crippen molar-refractivity contribution in [2.75, 3.05) is 25.0 Å². The van der Waals surface area contributed by atoms with E-state index >= 15 is 0 Å². The molecule has 8 heteroatoms. The zero-order chi connectivity index (χ0) is 18.8. The van der Waals surface area contributed by atoms with Gasteiger partial charge in [-0.15, -0.1) is 0 Å². The van der Waals surface area contributed by atoms with Crippen LogP contribution in [0.25, 0.3) is 0 Å². The minimum Gasteiger partial charge on any atom is -0.342 e. The predicted octanol–water partition coefficient (Wildman–Crippen LogP) is 1.41. The number of nitrogens with zero attached hydrogens (tertiary/aromatic N) is 2. The van der Waals surface area contributed by atoms with Crippen LogP contribution >= 0.6 is 0 Å². The van der Waals surface area contributed by atoms with Crippen LogP contribution in [-0.4, -0.2) is 59.4 Å². The number of anilines is 1. The third-order valence-corrected chi connectivity index (χ3v) is 4.65. The first-order valence-electron chi connectivity index (χ1n) is 8.77. The minimum atomic E-state index is -0.682. The van der Waals surface area contributed by atoms with E-state index in [-0.39, 0.29) is 18.4 Å². The van der Waals surface area contributed by atoms with Crippen LogP contribution in [0.4, 0.5) is 14.9 Å². The average molecular weight is 362 g/mol. The molecule has 0 saturated carbocycles. The van der Waals surface area contributed by atoms with E-state index in [0.717, 1.165) is 0 Å². The zero-order valence-corrected chi connectivity index (χ0v) is 14.9. The molecule has 2 aliphatic heterocycles. The van der Waals surface area contributed by atoms with Gasteiger partial charge < -0.3 is 20.4 Å². The van der Waals surface area contributed by atoms with E-state index in [0.29, 0.717) is 31.1 Å². The van der Waals surface area contributed by atoms with Crippen molar-refractivity contribution in [2.24, 2.45) is 5.92 Å². The van der Waals surface area contributed by atoms with E-state index in [1.54, 1.807) is 11.0 Å². The van der Waals surface area contributed by atoms with Crippen LogP contribution in [0.15, 0.2) is 24.3 Å². The summed E-state index contributed by atoms with van der Waals surface area (Å²) >= 11 is 0. The first-order valence-corrected chi connectivity index (χ1v) is 8.77. The SMILES string of the molecule is CC(C)C[C@H]1NC(=O)[C@H]2CN(C(=O)Nc3cccc(F)c3)CCN2C1=O. The molecule has 26 heavy (non-hydrogen) atoms. The van der Waals surface area contributed by atoms with Gasteiger partial charge in [0.05, 0.1) is 6.54 Å². The van der Waals surface area contributed by atoms with Gasteiger partial charge in [-0.2, -0.15) is 0 Å². The molecule has 0 bridgehead atoms. The Morgan fingerprint density at radius 2 is 2.12 bits per heavy atom. The van der Waals surface area contributed by atoms with Crippen LogP contribution in [0, 0.1) is 11.7 Å². The van der Waals surface area contributed by atoms with Crippen molar-refractivity contribution in [2.45, 2.75) is 32.4 Å². The molecule has 2 N–H and O–H groups in total. The van der Waals surface area contributed by atoms with Gasteiger partial charge in [0.25, 0.3) is 0 Å². The van der Waals surface area contributed by atoms with Crippen molar-refractivity contribution >= 4 is 23.5 Å². The van der Waals surface area contributed by atoms with Crippen LogP contribution in [0.3, 0.4) is 0 Å². The molecular formula is C18H23FN4O3. The molecular weight excluding hydrogens is 339 g/mol. The first kappa shape index (κ1) is 18.2. The van der Waals surface area contributed by atoms with E-state index in [1.165, 1.54) is 23.1 Å². The zero-order valence-electron chi connectivity index (χ0n) is 14.9. The van der Waals surface area contributed by atoms with Crippen LogP contribution < -0.4 is 10.6 Å². The van der Waals surface area contributed by atoms with Crippen LogP contribution in [0.5, 0.6) is 0 Å². The maximum absolute atomic E-state index is 13.2. The standard InChI is InChI=1S/C18H23FN4O3/c1-11(2)8-14-17(25)23-7-6-22(10-15(23)16(24)21-14)18(26)20-13-5-3-4-12(19)9-13/h3-5,9,11,14-15H,6-8,10H2,1-2H3,(H,20,26)(H,21,24)/t14-,15-/m1/s1. The van der Waals surface area contributed by atoms with Gasteiger partial charge in [0.1, 0.15) is 17.9 Å². The van der Waals surface area contributed by atoms with Crippen LogP contribution in [-0.2, 0) is 9.59 Å². The number of carbonyl (C=O) groups excluding carboxylic acids is 3. The molecule has 0 aromatic heterocycles. The van der Waals surface area contributed by atoms with Crippen molar-refractivity contribution in [3.63, 3.8) is 0 Å². The number of amides is 4. The van der Waals surface area contributed by atoms with E-state index in [2.05, 4.69) is 10.6 Å². The van der Waals surface area contributed by atoms with Gasteiger partial charge in [0.15, 0.2) is 0 Å². The van der Waals surface area contributed by atoms with E-state index in [9.17, 15) is 18.8 Å². The van der Waals surface area contributed by atoms with E-state index in [4.69, 9.17) is 0 Å². The summed E-state index contributed by atoms with van der Waals surface area (Å²) in [6.07, 6.45) is 0.595. The fourth-order valence-corrected chi connectivity index (χ4v) is 3.39. The monoisotopic (exact) mass is 362 g/mol. The maximum Gasteiger partial charge on any atom is 0.321 e. The van der Waals surface area contributed by atoms with Crippen molar-refractivity contribution in [1.29, 1.82) is 0 Å². The number of carbonyl (C=O) groups is 3. The lowest BCUT2D eigenvalue weighted by Crippen LogP contribution is -2.70. The van der Waals surface area contributed by atoms with Gasteiger partial charge in [-0.3, -0.25) is 9.59 Å². The fraction of sp³-hybridized carbons (Fsp3) is 0.500. The smallest absolute Gasteiger partial charge is 0.321 e. The average Bonchev–Trinajstić information content (AvgIpc) is 2.58.